The Hall–Kier alpha value is -3.09. The molecular weight excluding hydrogens is 481 g/mol. The molecule has 3 saturated heterocycles. The Balaban J connectivity index is 1.23. The Morgan fingerprint density at radius 2 is 2.11 bits per heavy atom. The molecule has 0 aromatic carbocycles. The number of rotatable bonds is 5. The number of nitrogens with two attached hydrogens (primary N) is 1. The van der Waals surface area contributed by atoms with Crippen LogP contribution in [0.15, 0.2) is 43.1 Å². The number of anilines is 1. The Bertz CT molecular complexity index is 1320. The molecule has 1 unspecified atom stereocenters. The van der Waals surface area contributed by atoms with Gasteiger partial charge in [0.15, 0.2) is 17.9 Å². The van der Waals surface area contributed by atoms with Crippen LogP contribution in [0.5, 0.6) is 0 Å². The molecule has 3 aromatic rings. The first-order chi connectivity index (χ1) is 16.9. The third kappa shape index (κ3) is 3.76. The normalized spacial score (nSPS) is 34.5. The molecule has 14 heteroatoms. The van der Waals surface area contributed by atoms with Gasteiger partial charge in [-0.1, -0.05) is 0 Å². The maximum absolute atomic E-state index is 13.2. The number of nitrogen functional groups attached to an aromatic ring is 1. The zero-order valence-electron chi connectivity index (χ0n) is 18.6. The summed E-state index contributed by atoms with van der Waals surface area (Å²) < 4.78 is 48.8. The van der Waals surface area contributed by atoms with Gasteiger partial charge in [0.1, 0.15) is 23.9 Å². The van der Waals surface area contributed by atoms with Crippen molar-refractivity contribution in [2.24, 2.45) is 0 Å². The molecule has 13 nitrogen and oxygen atoms in total. The van der Waals surface area contributed by atoms with Crippen LogP contribution >= 0.6 is 7.82 Å². The topological polar surface area (TPSA) is 159 Å². The van der Waals surface area contributed by atoms with Crippen molar-refractivity contribution >= 4 is 30.8 Å². The van der Waals surface area contributed by atoms with E-state index in [2.05, 4.69) is 15.0 Å². The predicted molar refractivity (Wildman–Crippen MR) is 118 cm³/mol. The fraction of sp³-hybridized carbons (Fsp3) is 0.429. The van der Waals surface area contributed by atoms with Gasteiger partial charge in [0.05, 0.1) is 24.7 Å². The second kappa shape index (κ2) is 8.25. The first-order valence-electron chi connectivity index (χ1n) is 11.0. The lowest BCUT2D eigenvalue weighted by molar-refractivity contribution is -0.0923. The van der Waals surface area contributed by atoms with Crippen LogP contribution in [0, 0.1) is 0 Å². The fourth-order valence-corrected chi connectivity index (χ4v) is 6.08. The van der Waals surface area contributed by atoms with E-state index in [4.69, 9.17) is 33.5 Å². The van der Waals surface area contributed by atoms with Crippen LogP contribution in [-0.4, -0.2) is 56.7 Å². The van der Waals surface area contributed by atoms with E-state index >= 15 is 0 Å². The summed E-state index contributed by atoms with van der Waals surface area (Å²) in [5.74, 6) is 0.307. The molecule has 3 aromatic heterocycles. The average Bonchev–Trinajstić information content (AvgIpc) is 3.48. The number of nitrogens with zero attached hydrogens (tertiary/aromatic N) is 4. The molecule has 0 spiro atoms. The van der Waals surface area contributed by atoms with Gasteiger partial charge in [-0.3, -0.25) is 18.6 Å². The Kier molecular flexibility index (Phi) is 5.27. The summed E-state index contributed by atoms with van der Waals surface area (Å²) in [7, 11) is -3.91. The summed E-state index contributed by atoms with van der Waals surface area (Å²) in [5.41, 5.74) is 6.06. The molecule has 6 heterocycles. The SMILES string of the molecule is C[C@@]12OC(=O)O[C@@H]1[C@@H](COP1(=O)OCC[C@H](c3ccncc3)O1)O[C@H]2n1ccc2c(N)ncnc21. The zero-order chi connectivity index (χ0) is 24.2. The van der Waals surface area contributed by atoms with E-state index in [-0.39, 0.29) is 13.2 Å². The van der Waals surface area contributed by atoms with Crippen LogP contribution in [-0.2, 0) is 32.3 Å². The Labute approximate surface area is 199 Å². The third-order valence-corrected chi connectivity index (χ3v) is 7.85. The monoisotopic (exact) mass is 503 g/mol. The van der Waals surface area contributed by atoms with Crippen molar-refractivity contribution in [2.45, 2.75) is 43.5 Å². The number of hydrogen-bond acceptors (Lipinski definition) is 12. The van der Waals surface area contributed by atoms with Gasteiger partial charge in [0.25, 0.3) is 0 Å². The lowest BCUT2D eigenvalue weighted by Crippen LogP contribution is -2.42. The standard InChI is InChI=1S/C21H22N5O8P/c1-21-16(32-20(27)33-21)15(31-19(21)26-8-4-13-17(22)24-11-25-18(13)26)10-30-35(28)29-9-5-14(34-35)12-2-6-23-7-3-12/h2-4,6-8,11,14-16,19H,5,9-10H2,1H3,(H2,22,24,25)/t14-,15-,16-,19-,21-,35?/m1/s1. The van der Waals surface area contributed by atoms with Crippen molar-refractivity contribution in [2.75, 3.05) is 18.9 Å². The zero-order valence-corrected chi connectivity index (χ0v) is 19.4. The molecule has 0 aliphatic carbocycles. The van der Waals surface area contributed by atoms with Crippen LogP contribution in [0.25, 0.3) is 11.0 Å². The quantitative estimate of drug-likeness (QED) is 0.401. The van der Waals surface area contributed by atoms with Crippen molar-refractivity contribution in [1.29, 1.82) is 0 Å². The number of phosphoric ester groups is 1. The van der Waals surface area contributed by atoms with Gasteiger partial charge in [-0.05, 0) is 30.7 Å². The van der Waals surface area contributed by atoms with Gasteiger partial charge in [0, 0.05) is 25.0 Å². The Morgan fingerprint density at radius 3 is 2.94 bits per heavy atom. The van der Waals surface area contributed by atoms with Crippen molar-refractivity contribution in [3.05, 3.63) is 48.7 Å². The van der Waals surface area contributed by atoms with E-state index in [1.165, 1.54) is 6.33 Å². The maximum Gasteiger partial charge on any atom is 0.509 e. The molecule has 3 fully saturated rings. The molecule has 3 aliphatic heterocycles. The highest BCUT2D eigenvalue weighted by atomic mass is 31.2. The highest BCUT2D eigenvalue weighted by Gasteiger charge is 2.64. The summed E-state index contributed by atoms with van der Waals surface area (Å²) in [6.45, 7) is 1.65. The van der Waals surface area contributed by atoms with E-state index in [9.17, 15) is 9.36 Å². The number of phosphoric acid groups is 1. The van der Waals surface area contributed by atoms with Crippen molar-refractivity contribution in [3.8, 4) is 0 Å². The molecule has 0 radical (unpaired) electrons. The van der Waals surface area contributed by atoms with Crippen molar-refractivity contribution in [1.82, 2.24) is 19.5 Å². The lowest BCUT2D eigenvalue weighted by Gasteiger charge is -2.29. The third-order valence-electron chi connectivity index (χ3n) is 6.38. The molecule has 6 rings (SSSR count). The number of ether oxygens (including phenoxy) is 3. The number of aromatic nitrogens is 4. The highest BCUT2D eigenvalue weighted by molar-refractivity contribution is 7.48. The lowest BCUT2D eigenvalue weighted by atomic mass is 9.96. The second-order valence-corrected chi connectivity index (χ2v) is 10.2. The number of carbonyl (C=O) groups is 1. The van der Waals surface area contributed by atoms with Crippen molar-refractivity contribution < 1.29 is 37.1 Å². The predicted octanol–water partition coefficient (Wildman–Crippen LogP) is 2.90. The molecule has 184 valence electrons. The van der Waals surface area contributed by atoms with E-state index in [1.807, 2.05) is 0 Å². The van der Waals surface area contributed by atoms with Gasteiger partial charge in [0.2, 0.25) is 0 Å². The van der Waals surface area contributed by atoms with E-state index in [0.717, 1.165) is 5.56 Å². The second-order valence-electron chi connectivity index (χ2n) is 8.56. The van der Waals surface area contributed by atoms with E-state index in [1.54, 1.807) is 48.3 Å². The molecule has 3 aliphatic rings. The summed E-state index contributed by atoms with van der Waals surface area (Å²) in [6.07, 6.45) is 3.03. The van der Waals surface area contributed by atoms with Crippen LogP contribution in [0.4, 0.5) is 10.6 Å². The molecule has 35 heavy (non-hydrogen) atoms. The number of pyridine rings is 1. The smallest absolute Gasteiger partial charge is 0.424 e. The van der Waals surface area contributed by atoms with E-state index < -0.39 is 44.1 Å². The van der Waals surface area contributed by atoms with Crippen LogP contribution in [0.2, 0.25) is 0 Å². The summed E-state index contributed by atoms with van der Waals surface area (Å²) in [6, 6.07) is 5.31. The molecule has 0 bridgehead atoms. The first-order valence-corrected chi connectivity index (χ1v) is 12.4. The Morgan fingerprint density at radius 1 is 1.29 bits per heavy atom. The largest absolute Gasteiger partial charge is 0.509 e. The van der Waals surface area contributed by atoms with Crippen LogP contribution in [0.1, 0.15) is 31.2 Å². The summed E-state index contributed by atoms with van der Waals surface area (Å²) >= 11 is 0. The van der Waals surface area contributed by atoms with Crippen LogP contribution in [0.3, 0.4) is 0 Å². The summed E-state index contributed by atoms with van der Waals surface area (Å²) in [4.78, 5) is 24.4. The number of carbonyl (C=O) groups excluding carboxylic acids is 1. The molecule has 0 saturated carbocycles. The number of hydrogen-bond donors (Lipinski definition) is 1. The van der Waals surface area contributed by atoms with Gasteiger partial charge in [-0.15, -0.1) is 0 Å². The van der Waals surface area contributed by atoms with Gasteiger partial charge in [-0.2, -0.15) is 0 Å². The molecular formula is C21H22N5O8P. The molecule has 2 N–H and O–H groups in total. The minimum atomic E-state index is -3.91. The maximum atomic E-state index is 13.2. The van der Waals surface area contributed by atoms with Gasteiger partial charge in [-0.25, -0.2) is 19.3 Å². The minimum absolute atomic E-state index is 0.189. The van der Waals surface area contributed by atoms with E-state index in [0.29, 0.717) is 23.3 Å². The summed E-state index contributed by atoms with van der Waals surface area (Å²) in [5, 5.41) is 0.622. The average molecular weight is 503 g/mol. The fourth-order valence-electron chi connectivity index (χ4n) is 4.69. The van der Waals surface area contributed by atoms with Crippen molar-refractivity contribution in [3.63, 3.8) is 0 Å². The van der Waals surface area contributed by atoms with Gasteiger partial charge >= 0.3 is 14.0 Å². The van der Waals surface area contributed by atoms with Gasteiger partial charge < -0.3 is 24.5 Å². The molecule has 0 amide bonds. The van der Waals surface area contributed by atoms with Crippen LogP contribution < -0.4 is 5.73 Å². The number of fused-ring (bicyclic) bond motifs is 2. The minimum Gasteiger partial charge on any atom is -0.424 e. The highest BCUT2D eigenvalue weighted by Crippen LogP contribution is 2.58. The first kappa shape index (κ1) is 22.4. The molecule has 6 atom stereocenters.